The molecule has 1 amide bonds. The average molecular weight is 617 g/mol. The molecule has 2 aromatic carbocycles. The summed E-state index contributed by atoms with van der Waals surface area (Å²) in [5.41, 5.74) is -3.23. The van der Waals surface area contributed by atoms with Gasteiger partial charge in [-0.25, -0.2) is 9.59 Å². The summed E-state index contributed by atoms with van der Waals surface area (Å²) in [4.78, 5) is 70.3. The predicted molar refractivity (Wildman–Crippen MR) is 144 cm³/mol. The normalized spacial score (nSPS) is 22.5. The summed E-state index contributed by atoms with van der Waals surface area (Å²) in [5.74, 6) is -8.73. The van der Waals surface area contributed by atoms with Gasteiger partial charge in [0.1, 0.15) is 17.4 Å². The van der Waals surface area contributed by atoms with Crippen molar-refractivity contribution in [1.29, 1.82) is 0 Å². The van der Waals surface area contributed by atoms with E-state index in [0.29, 0.717) is 5.69 Å². The first-order chi connectivity index (χ1) is 19.1. The summed E-state index contributed by atoms with van der Waals surface area (Å²) in [6.45, 7) is 2.80. The second-order valence-corrected chi connectivity index (χ2v) is 10.1. The van der Waals surface area contributed by atoms with Crippen molar-refractivity contribution >= 4 is 51.4 Å². The molecule has 11 nitrogen and oxygen atoms in total. The van der Waals surface area contributed by atoms with Crippen LogP contribution in [0.4, 0.5) is 5.69 Å². The Morgan fingerprint density at radius 1 is 0.875 bits per heavy atom. The Morgan fingerprint density at radius 2 is 1.43 bits per heavy atom. The first kappa shape index (κ1) is 29.2. The number of rotatable bonds is 8. The van der Waals surface area contributed by atoms with Gasteiger partial charge in [0.25, 0.3) is 5.91 Å². The van der Waals surface area contributed by atoms with E-state index in [4.69, 9.17) is 18.9 Å². The van der Waals surface area contributed by atoms with Crippen LogP contribution in [0.1, 0.15) is 25.0 Å². The third-order valence-electron chi connectivity index (χ3n) is 7.22. The van der Waals surface area contributed by atoms with Crippen LogP contribution in [-0.2, 0) is 55.0 Å². The molecule has 40 heavy (non-hydrogen) atoms. The standard InChI is InChI=1S/C28H29BrN2O9/c1-5-39-25(35)28(26(36)40-6-2)21(23(33)38-4)20(22(32)37-3)27(30-28)18-9-7-8-10-19(18)31(24(27)34)15-16-11-13-17(29)14-12-16/h7-14,20-21,30H,5-6,15H2,1-4H3/t20-,21+,27+/m0/s1. The van der Waals surface area contributed by atoms with E-state index in [0.717, 1.165) is 24.3 Å². The van der Waals surface area contributed by atoms with Gasteiger partial charge in [0, 0.05) is 15.7 Å². The molecule has 2 aromatic rings. The number of methoxy groups -OCH3 is 2. The second-order valence-electron chi connectivity index (χ2n) is 9.22. The largest absolute Gasteiger partial charge is 0.469 e. The highest BCUT2D eigenvalue weighted by Crippen LogP contribution is 2.56. The number of nitrogens with zero attached hydrogens (tertiary/aromatic N) is 1. The molecule has 0 aromatic heterocycles. The summed E-state index contributed by atoms with van der Waals surface area (Å²) < 4.78 is 21.4. The van der Waals surface area contributed by atoms with Crippen LogP contribution in [0.25, 0.3) is 0 Å². The minimum atomic E-state index is -2.60. The average Bonchev–Trinajstić information content (AvgIpc) is 3.41. The number of esters is 4. The second kappa shape index (κ2) is 11.4. The number of fused-ring (bicyclic) bond motifs is 2. The molecule has 1 fully saturated rings. The Balaban J connectivity index is 2.01. The number of para-hydroxylation sites is 1. The van der Waals surface area contributed by atoms with Crippen molar-refractivity contribution in [1.82, 2.24) is 5.32 Å². The van der Waals surface area contributed by atoms with Gasteiger partial charge in [0.15, 0.2) is 0 Å². The van der Waals surface area contributed by atoms with Crippen molar-refractivity contribution in [2.24, 2.45) is 11.8 Å². The highest BCUT2D eigenvalue weighted by atomic mass is 79.9. The number of carbonyl (C=O) groups is 5. The van der Waals surface area contributed by atoms with Crippen molar-refractivity contribution < 1.29 is 42.9 Å². The van der Waals surface area contributed by atoms with E-state index in [2.05, 4.69) is 21.2 Å². The predicted octanol–water partition coefficient (Wildman–Crippen LogP) is 2.24. The summed E-state index contributed by atoms with van der Waals surface area (Å²) in [7, 11) is 2.14. The molecule has 12 heteroatoms. The lowest BCUT2D eigenvalue weighted by Gasteiger charge is -2.31. The third kappa shape index (κ3) is 4.35. The molecular formula is C28H29BrN2O9. The molecule has 1 spiro atoms. The fourth-order valence-corrected chi connectivity index (χ4v) is 5.87. The lowest BCUT2D eigenvalue weighted by atomic mass is 9.72. The topological polar surface area (TPSA) is 138 Å². The maximum Gasteiger partial charge on any atom is 0.339 e. The number of halogens is 1. The van der Waals surface area contributed by atoms with Crippen LogP contribution in [0.3, 0.4) is 0 Å². The zero-order valence-electron chi connectivity index (χ0n) is 22.4. The Morgan fingerprint density at radius 3 is 1.98 bits per heavy atom. The van der Waals surface area contributed by atoms with Crippen molar-refractivity contribution in [3.8, 4) is 0 Å². The maximum absolute atomic E-state index is 14.6. The van der Waals surface area contributed by atoms with Crippen LogP contribution >= 0.6 is 15.9 Å². The monoisotopic (exact) mass is 616 g/mol. The number of hydrogen-bond acceptors (Lipinski definition) is 10. The number of benzene rings is 2. The van der Waals surface area contributed by atoms with Gasteiger partial charge in [-0.2, -0.15) is 0 Å². The summed E-state index contributed by atoms with van der Waals surface area (Å²) in [6, 6.07) is 13.9. The highest BCUT2D eigenvalue weighted by molar-refractivity contribution is 9.10. The molecule has 2 heterocycles. The number of anilines is 1. The van der Waals surface area contributed by atoms with Crippen LogP contribution in [0.2, 0.25) is 0 Å². The lowest BCUT2D eigenvalue weighted by molar-refractivity contribution is -0.175. The van der Waals surface area contributed by atoms with Gasteiger partial charge in [-0.15, -0.1) is 0 Å². The summed E-state index contributed by atoms with van der Waals surface area (Å²) in [6.07, 6.45) is 0. The molecule has 0 unspecified atom stereocenters. The molecule has 212 valence electrons. The molecule has 1 N–H and O–H groups in total. The van der Waals surface area contributed by atoms with Crippen molar-refractivity contribution in [3.05, 3.63) is 64.1 Å². The fraction of sp³-hybridized carbons (Fsp3) is 0.393. The number of nitrogens with one attached hydrogen (secondary N) is 1. The quantitative estimate of drug-likeness (QED) is 0.267. The van der Waals surface area contributed by atoms with E-state index in [9.17, 15) is 24.0 Å². The van der Waals surface area contributed by atoms with Gasteiger partial charge in [-0.3, -0.25) is 19.7 Å². The molecule has 2 aliphatic rings. The Labute approximate surface area is 239 Å². The zero-order chi connectivity index (χ0) is 29.2. The Bertz CT molecular complexity index is 1330. The van der Waals surface area contributed by atoms with Gasteiger partial charge in [0.2, 0.25) is 5.54 Å². The Kier molecular flexibility index (Phi) is 8.31. The number of ether oxygens (including phenoxy) is 4. The lowest BCUT2D eigenvalue weighted by Crippen LogP contribution is -2.65. The number of amides is 1. The summed E-state index contributed by atoms with van der Waals surface area (Å²) in [5, 5.41) is 2.86. The van der Waals surface area contributed by atoms with Crippen LogP contribution in [0, 0.1) is 11.8 Å². The summed E-state index contributed by atoms with van der Waals surface area (Å²) >= 11 is 3.39. The van der Waals surface area contributed by atoms with Gasteiger partial charge in [-0.05, 0) is 37.6 Å². The molecule has 0 aliphatic carbocycles. The third-order valence-corrected chi connectivity index (χ3v) is 7.75. The maximum atomic E-state index is 14.6. The van der Waals surface area contributed by atoms with Crippen LogP contribution in [-0.4, -0.2) is 62.8 Å². The molecule has 0 saturated carbocycles. The minimum absolute atomic E-state index is 0.0924. The van der Waals surface area contributed by atoms with Crippen LogP contribution < -0.4 is 10.2 Å². The van der Waals surface area contributed by atoms with Crippen molar-refractivity contribution in [2.45, 2.75) is 31.5 Å². The molecule has 2 aliphatic heterocycles. The van der Waals surface area contributed by atoms with Crippen LogP contribution in [0.15, 0.2) is 53.0 Å². The van der Waals surface area contributed by atoms with E-state index in [1.54, 1.807) is 24.3 Å². The first-order valence-corrected chi connectivity index (χ1v) is 13.4. The SMILES string of the molecule is CCOC(=O)C1(C(=O)OCC)N[C@@]2(C(=O)N(Cc3ccc(Br)cc3)c3ccccc32)[C@H](C(=O)OC)[C@@H]1C(=O)OC. The van der Waals surface area contributed by atoms with Crippen LogP contribution in [0.5, 0.6) is 0 Å². The van der Waals surface area contributed by atoms with E-state index in [1.807, 2.05) is 24.3 Å². The van der Waals surface area contributed by atoms with E-state index < -0.39 is 52.7 Å². The van der Waals surface area contributed by atoms with Gasteiger partial charge in [-0.1, -0.05) is 46.3 Å². The smallest absolute Gasteiger partial charge is 0.339 e. The van der Waals surface area contributed by atoms with Crippen molar-refractivity contribution in [2.75, 3.05) is 32.3 Å². The number of hydrogen-bond donors (Lipinski definition) is 1. The van der Waals surface area contributed by atoms with E-state index in [-0.39, 0.29) is 25.3 Å². The molecule has 0 bridgehead atoms. The minimum Gasteiger partial charge on any atom is -0.469 e. The first-order valence-electron chi connectivity index (χ1n) is 12.6. The Hall–Kier alpha value is -3.77. The van der Waals surface area contributed by atoms with Crippen molar-refractivity contribution in [3.63, 3.8) is 0 Å². The molecular weight excluding hydrogens is 588 g/mol. The molecule has 1 saturated heterocycles. The van der Waals surface area contributed by atoms with E-state index >= 15 is 0 Å². The van der Waals surface area contributed by atoms with E-state index in [1.165, 1.54) is 18.7 Å². The molecule has 4 rings (SSSR count). The highest BCUT2D eigenvalue weighted by Gasteiger charge is 2.78. The molecule has 0 radical (unpaired) electrons. The van der Waals surface area contributed by atoms with Gasteiger partial charge < -0.3 is 23.8 Å². The fourth-order valence-electron chi connectivity index (χ4n) is 5.61. The molecule has 3 atom stereocenters. The van der Waals surface area contributed by atoms with Gasteiger partial charge in [0.05, 0.1) is 34.0 Å². The van der Waals surface area contributed by atoms with Gasteiger partial charge >= 0.3 is 23.9 Å². The number of carbonyl (C=O) groups excluding carboxylic acids is 5. The zero-order valence-corrected chi connectivity index (χ0v) is 24.0.